The number of rotatable bonds is 2. The van der Waals surface area contributed by atoms with E-state index in [4.69, 9.17) is 4.42 Å². The summed E-state index contributed by atoms with van der Waals surface area (Å²) in [6.45, 7) is 5.75. The van der Waals surface area contributed by atoms with Crippen molar-refractivity contribution in [1.82, 2.24) is 15.2 Å². The van der Waals surface area contributed by atoms with E-state index >= 15 is 0 Å². The number of likely N-dealkylation sites (tertiary alicyclic amines) is 1. The molecule has 0 aliphatic carbocycles. The van der Waals surface area contributed by atoms with Crippen LogP contribution in [-0.2, 0) is 6.54 Å². The maximum absolute atomic E-state index is 4.99. The molecule has 0 bridgehead atoms. The van der Waals surface area contributed by atoms with Gasteiger partial charge in [0.05, 0.1) is 5.69 Å². The second kappa shape index (κ2) is 3.61. The van der Waals surface area contributed by atoms with Gasteiger partial charge in [0.1, 0.15) is 6.26 Å². The van der Waals surface area contributed by atoms with Crippen LogP contribution in [0.1, 0.15) is 18.5 Å². The normalized spacial score (nSPS) is 31.7. The van der Waals surface area contributed by atoms with Crippen LogP contribution in [0, 0.1) is 5.41 Å². The van der Waals surface area contributed by atoms with Crippen molar-refractivity contribution in [2.24, 2.45) is 5.41 Å². The first-order valence-electron chi connectivity index (χ1n) is 5.67. The van der Waals surface area contributed by atoms with Crippen LogP contribution in [0.4, 0.5) is 0 Å². The van der Waals surface area contributed by atoms with Gasteiger partial charge in [-0.2, -0.15) is 0 Å². The molecule has 0 radical (unpaired) electrons. The van der Waals surface area contributed by atoms with Crippen LogP contribution < -0.4 is 5.32 Å². The monoisotopic (exact) mass is 207 g/mol. The Morgan fingerprint density at radius 2 is 2.53 bits per heavy atom. The van der Waals surface area contributed by atoms with E-state index in [2.05, 4.69) is 15.2 Å². The SMILES string of the molecule is c1nc(CN2CCC3(CCNC3)C2)co1. The van der Waals surface area contributed by atoms with E-state index in [-0.39, 0.29) is 0 Å². The Morgan fingerprint density at radius 3 is 3.27 bits per heavy atom. The van der Waals surface area contributed by atoms with Crippen LogP contribution in [0.25, 0.3) is 0 Å². The number of aromatic nitrogens is 1. The Bertz CT molecular complexity index is 317. The molecule has 4 nitrogen and oxygen atoms in total. The van der Waals surface area contributed by atoms with E-state index in [0.717, 1.165) is 12.2 Å². The fourth-order valence-corrected chi connectivity index (χ4v) is 2.85. The smallest absolute Gasteiger partial charge is 0.180 e. The standard InChI is InChI=1S/C11H17N3O/c1-3-12-7-11(1)2-4-14(8-11)5-10-6-15-9-13-10/h6,9,12H,1-5,7-8H2. The Morgan fingerprint density at radius 1 is 1.53 bits per heavy atom. The van der Waals surface area contributed by atoms with Gasteiger partial charge in [0.2, 0.25) is 0 Å². The zero-order valence-corrected chi connectivity index (χ0v) is 8.91. The summed E-state index contributed by atoms with van der Waals surface area (Å²) in [7, 11) is 0. The summed E-state index contributed by atoms with van der Waals surface area (Å²) in [5, 5.41) is 3.47. The fraction of sp³-hybridized carbons (Fsp3) is 0.727. The van der Waals surface area contributed by atoms with Gasteiger partial charge in [-0.15, -0.1) is 0 Å². The van der Waals surface area contributed by atoms with Crippen molar-refractivity contribution in [3.05, 3.63) is 18.4 Å². The molecule has 1 spiro atoms. The third kappa shape index (κ3) is 1.79. The van der Waals surface area contributed by atoms with Gasteiger partial charge in [-0.3, -0.25) is 4.90 Å². The molecule has 0 amide bonds. The van der Waals surface area contributed by atoms with Crippen LogP contribution in [0.5, 0.6) is 0 Å². The molecule has 2 aliphatic rings. The summed E-state index contributed by atoms with van der Waals surface area (Å²) in [6, 6.07) is 0. The van der Waals surface area contributed by atoms with Gasteiger partial charge in [-0.05, 0) is 31.3 Å². The minimum atomic E-state index is 0.559. The molecular weight excluding hydrogens is 190 g/mol. The van der Waals surface area contributed by atoms with Gasteiger partial charge >= 0.3 is 0 Å². The van der Waals surface area contributed by atoms with Gasteiger partial charge < -0.3 is 9.73 Å². The highest BCUT2D eigenvalue weighted by atomic mass is 16.3. The van der Waals surface area contributed by atoms with Crippen LogP contribution in [0.15, 0.2) is 17.1 Å². The lowest BCUT2D eigenvalue weighted by Gasteiger charge is -2.22. The molecule has 0 aromatic carbocycles. The lowest BCUT2D eigenvalue weighted by Crippen LogP contribution is -2.28. The highest BCUT2D eigenvalue weighted by Crippen LogP contribution is 2.36. The van der Waals surface area contributed by atoms with Gasteiger partial charge in [0, 0.05) is 19.6 Å². The first kappa shape index (κ1) is 9.36. The highest BCUT2D eigenvalue weighted by Gasteiger charge is 2.40. The molecule has 0 saturated carbocycles. The summed E-state index contributed by atoms with van der Waals surface area (Å²) in [5.41, 5.74) is 1.61. The van der Waals surface area contributed by atoms with Crippen molar-refractivity contribution in [3.8, 4) is 0 Å². The van der Waals surface area contributed by atoms with Crippen molar-refractivity contribution in [1.29, 1.82) is 0 Å². The molecule has 1 aromatic heterocycles. The quantitative estimate of drug-likeness (QED) is 0.781. The molecule has 3 heterocycles. The first-order chi connectivity index (χ1) is 7.36. The van der Waals surface area contributed by atoms with Gasteiger partial charge in [0.25, 0.3) is 0 Å². The second-order valence-corrected chi connectivity index (χ2v) is 4.87. The molecule has 3 rings (SSSR count). The molecule has 1 atom stereocenters. The van der Waals surface area contributed by atoms with Gasteiger partial charge in [0.15, 0.2) is 6.39 Å². The lowest BCUT2D eigenvalue weighted by atomic mass is 9.87. The number of nitrogens with zero attached hydrogens (tertiary/aromatic N) is 2. The summed E-state index contributed by atoms with van der Waals surface area (Å²) in [6.07, 6.45) is 5.93. The van der Waals surface area contributed by atoms with Crippen LogP contribution in [0.2, 0.25) is 0 Å². The van der Waals surface area contributed by atoms with E-state index in [1.165, 1.54) is 45.4 Å². The van der Waals surface area contributed by atoms with E-state index < -0.39 is 0 Å². The molecule has 2 fully saturated rings. The predicted octanol–water partition coefficient (Wildman–Crippen LogP) is 0.860. The molecule has 4 heteroatoms. The Kier molecular flexibility index (Phi) is 2.25. The Labute approximate surface area is 89.7 Å². The third-order valence-electron chi connectivity index (χ3n) is 3.72. The minimum absolute atomic E-state index is 0.559. The molecule has 2 saturated heterocycles. The minimum Gasteiger partial charge on any atom is -0.451 e. The maximum atomic E-state index is 4.99. The van der Waals surface area contributed by atoms with E-state index in [0.29, 0.717) is 5.41 Å². The predicted molar refractivity (Wildman–Crippen MR) is 56.3 cm³/mol. The summed E-state index contributed by atoms with van der Waals surface area (Å²) in [5.74, 6) is 0. The number of oxazole rings is 1. The fourth-order valence-electron chi connectivity index (χ4n) is 2.85. The van der Waals surface area contributed by atoms with Crippen molar-refractivity contribution < 1.29 is 4.42 Å². The van der Waals surface area contributed by atoms with Gasteiger partial charge in [-0.25, -0.2) is 4.98 Å². The molecular formula is C11H17N3O. The summed E-state index contributed by atoms with van der Waals surface area (Å²) < 4.78 is 4.99. The Balaban J connectivity index is 1.61. The average molecular weight is 207 g/mol. The maximum Gasteiger partial charge on any atom is 0.180 e. The van der Waals surface area contributed by atoms with Crippen molar-refractivity contribution in [2.75, 3.05) is 26.2 Å². The average Bonchev–Trinajstić information content (AvgIpc) is 2.92. The first-order valence-corrected chi connectivity index (χ1v) is 5.67. The number of nitrogens with one attached hydrogen (secondary N) is 1. The molecule has 1 N–H and O–H groups in total. The molecule has 82 valence electrons. The topological polar surface area (TPSA) is 41.3 Å². The van der Waals surface area contributed by atoms with Crippen molar-refractivity contribution in [2.45, 2.75) is 19.4 Å². The number of hydrogen-bond donors (Lipinski definition) is 1. The molecule has 1 aromatic rings. The summed E-state index contributed by atoms with van der Waals surface area (Å²) in [4.78, 5) is 6.66. The highest BCUT2D eigenvalue weighted by molar-refractivity contribution is 4.98. The third-order valence-corrected chi connectivity index (χ3v) is 3.72. The zero-order chi connectivity index (χ0) is 10.1. The molecule has 2 aliphatic heterocycles. The lowest BCUT2D eigenvalue weighted by molar-refractivity contribution is 0.266. The van der Waals surface area contributed by atoms with E-state index in [9.17, 15) is 0 Å². The van der Waals surface area contributed by atoms with E-state index in [1.54, 1.807) is 6.26 Å². The molecule has 15 heavy (non-hydrogen) atoms. The Hall–Kier alpha value is -0.870. The largest absolute Gasteiger partial charge is 0.451 e. The summed E-state index contributed by atoms with van der Waals surface area (Å²) >= 11 is 0. The zero-order valence-electron chi connectivity index (χ0n) is 8.91. The van der Waals surface area contributed by atoms with Crippen LogP contribution >= 0.6 is 0 Å². The molecule has 1 unspecified atom stereocenters. The van der Waals surface area contributed by atoms with Crippen LogP contribution in [-0.4, -0.2) is 36.1 Å². The van der Waals surface area contributed by atoms with Crippen molar-refractivity contribution in [3.63, 3.8) is 0 Å². The second-order valence-electron chi connectivity index (χ2n) is 4.87. The number of hydrogen-bond acceptors (Lipinski definition) is 4. The van der Waals surface area contributed by atoms with Crippen molar-refractivity contribution >= 4 is 0 Å². The van der Waals surface area contributed by atoms with E-state index in [1.807, 2.05) is 0 Å². The van der Waals surface area contributed by atoms with Gasteiger partial charge in [-0.1, -0.05) is 0 Å². The van der Waals surface area contributed by atoms with Crippen LogP contribution in [0.3, 0.4) is 0 Å².